The summed E-state index contributed by atoms with van der Waals surface area (Å²) in [6, 6.07) is 0. The first kappa shape index (κ1) is 10.1. The van der Waals surface area contributed by atoms with E-state index in [0.29, 0.717) is 0 Å². The highest BCUT2D eigenvalue weighted by Crippen LogP contribution is 2.30. The van der Waals surface area contributed by atoms with E-state index in [0.717, 1.165) is 25.6 Å². The average molecular weight is 212 g/mol. The summed E-state index contributed by atoms with van der Waals surface area (Å²) in [5, 5.41) is 8.94. The third-order valence-electron chi connectivity index (χ3n) is 2.49. The lowest BCUT2D eigenvalue weighted by molar-refractivity contribution is 0.186. The predicted octanol–water partition coefficient (Wildman–Crippen LogP) is 1.35. The van der Waals surface area contributed by atoms with Crippen LogP contribution in [0.25, 0.3) is 0 Å². The van der Waals surface area contributed by atoms with Crippen molar-refractivity contribution >= 4 is 11.3 Å². The lowest BCUT2D eigenvalue weighted by atomic mass is 10.3. The Kier molecular flexibility index (Phi) is 3.50. The highest BCUT2D eigenvalue weighted by Gasteiger charge is 2.24. The quantitative estimate of drug-likeness (QED) is 0.773. The van der Waals surface area contributed by atoms with Gasteiger partial charge in [0.05, 0.1) is 12.1 Å². The fourth-order valence-corrected chi connectivity index (χ4v) is 2.22. The maximum Gasteiger partial charge on any atom is 0.0794 e. The second kappa shape index (κ2) is 4.87. The van der Waals surface area contributed by atoms with Gasteiger partial charge in [0.2, 0.25) is 0 Å². The standard InChI is InChI=1S/C10H16N2OS/c13-4-3-12(6-9-1-2-9)7-10-5-11-8-14-10/h5,8-9,13H,1-4,6-7H2. The second-order valence-corrected chi connectivity index (χ2v) is 4.84. The number of hydrogen-bond donors (Lipinski definition) is 1. The molecular formula is C10H16N2OS. The predicted molar refractivity (Wildman–Crippen MR) is 57.2 cm³/mol. The van der Waals surface area contributed by atoms with Gasteiger partial charge < -0.3 is 5.11 Å². The Morgan fingerprint density at radius 1 is 1.57 bits per heavy atom. The molecule has 2 rings (SSSR count). The smallest absolute Gasteiger partial charge is 0.0794 e. The molecule has 0 aromatic carbocycles. The van der Waals surface area contributed by atoms with Crippen LogP contribution in [0.4, 0.5) is 0 Å². The van der Waals surface area contributed by atoms with Gasteiger partial charge in [0.1, 0.15) is 0 Å². The molecule has 0 aliphatic heterocycles. The Morgan fingerprint density at radius 3 is 3.00 bits per heavy atom. The van der Waals surface area contributed by atoms with Crippen molar-refractivity contribution in [2.45, 2.75) is 19.4 Å². The highest BCUT2D eigenvalue weighted by molar-refractivity contribution is 7.09. The summed E-state index contributed by atoms with van der Waals surface area (Å²) < 4.78 is 0. The fraction of sp³-hybridized carbons (Fsp3) is 0.700. The number of aliphatic hydroxyl groups is 1. The monoisotopic (exact) mass is 212 g/mol. The zero-order chi connectivity index (χ0) is 9.80. The molecule has 0 atom stereocenters. The molecule has 1 saturated carbocycles. The normalized spacial score (nSPS) is 16.4. The molecule has 0 spiro atoms. The van der Waals surface area contributed by atoms with Gasteiger partial charge in [0.25, 0.3) is 0 Å². The van der Waals surface area contributed by atoms with E-state index >= 15 is 0 Å². The van der Waals surface area contributed by atoms with Crippen LogP contribution in [0.15, 0.2) is 11.7 Å². The first-order valence-corrected chi connectivity index (χ1v) is 5.97. The number of aliphatic hydroxyl groups excluding tert-OH is 1. The van der Waals surface area contributed by atoms with E-state index < -0.39 is 0 Å². The van der Waals surface area contributed by atoms with Crippen LogP contribution < -0.4 is 0 Å². The molecule has 1 aliphatic carbocycles. The van der Waals surface area contributed by atoms with Crippen molar-refractivity contribution in [2.24, 2.45) is 5.92 Å². The van der Waals surface area contributed by atoms with E-state index in [4.69, 9.17) is 5.11 Å². The van der Waals surface area contributed by atoms with Gasteiger partial charge in [-0.25, -0.2) is 0 Å². The zero-order valence-electron chi connectivity index (χ0n) is 8.22. The van der Waals surface area contributed by atoms with Crippen molar-refractivity contribution in [2.75, 3.05) is 19.7 Å². The molecular weight excluding hydrogens is 196 g/mol. The molecule has 1 aromatic rings. The topological polar surface area (TPSA) is 36.4 Å². The van der Waals surface area contributed by atoms with Gasteiger partial charge >= 0.3 is 0 Å². The molecule has 1 aromatic heterocycles. The minimum Gasteiger partial charge on any atom is -0.395 e. The maximum absolute atomic E-state index is 8.94. The molecule has 14 heavy (non-hydrogen) atoms. The Labute approximate surface area is 88.4 Å². The van der Waals surface area contributed by atoms with Gasteiger partial charge in [-0.15, -0.1) is 11.3 Å². The van der Waals surface area contributed by atoms with E-state index in [1.807, 2.05) is 11.7 Å². The van der Waals surface area contributed by atoms with Crippen LogP contribution in [0.5, 0.6) is 0 Å². The SMILES string of the molecule is OCCN(Cc1cncs1)CC1CC1. The van der Waals surface area contributed by atoms with Gasteiger partial charge in [0, 0.05) is 30.7 Å². The molecule has 78 valence electrons. The second-order valence-electron chi connectivity index (χ2n) is 3.87. The molecule has 0 amide bonds. The Balaban J connectivity index is 1.82. The van der Waals surface area contributed by atoms with Crippen molar-refractivity contribution in [1.82, 2.24) is 9.88 Å². The summed E-state index contributed by atoms with van der Waals surface area (Å²) in [4.78, 5) is 7.67. The molecule has 3 nitrogen and oxygen atoms in total. The number of thiazole rings is 1. The van der Waals surface area contributed by atoms with E-state index in [9.17, 15) is 0 Å². The van der Waals surface area contributed by atoms with Crippen LogP contribution in [0.1, 0.15) is 17.7 Å². The molecule has 1 heterocycles. The summed E-state index contributed by atoms with van der Waals surface area (Å²) in [5.41, 5.74) is 1.86. The summed E-state index contributed by atoms with van der Waals surface area (Å²) in [6.07, 6.45) is 4.65. The minimum absolute atomic E-state index is 0.255. The van der Waals surface area contributed by atoms with Crippen LogP contribution in [0.3, 0.4) is 0 Å². The summed E-state index contributed by atoms with van der Waals surface area (Å²) in [5.74, 6) is 0.884. The van der Waals surface area contributed by atoms with E-state index in [1.165, 1.54) is 17.7 Å². The van der Waals surface area contributed by atoms with Gasteiger partial charge in [-0.05, 0) is 18.8 Å². The van der Waals surface area contributed by atoms with Crippen LogP contribution in [0.2, 0.25) is 0 Å². The van der Waals surface area contributed by atoms with Crippen molar-refractivity contribution < 1.29 is 5.11 Å². The Hall–Kier alpha value is -0.450. The molecule has 0 radical (unpaired) electrons. The Bertz CT molecular complexity index is 259. The molecule has 1 fully saturated rings. The van der Waals surface area contributed by atoms with Crippen molar-refractivity contribution in [1.29, 1.82) is 0 Å². The third kappa shape index (κ3) is 3.04. The molecule has 1 N–H and O–H groups in total. The van der Waals surface area contributed by atoms with E-state index in [-0.39, 0.29) is 6.61 Å². The van der Waals surface area contributed by atoms with E-state index in [2.05, 4.69) is 9.88 Å². The van der Waals surface area contributed by atoms with Gasteiger partial charge in [0.15, 0.2) is 0 Å². The average Bonchev–Trinajstić information content (AvgIpc) is 2.81. The lowest BCUT2D eigenvalue weighted by Gasteiger charge is -2.19. The number of hydrogen-bond acceptors (Lipinski definition) is 4. The van der Waals surface area contributed by atoms with Crippen molar-refractivity contribution in [3.8, 4) is 0 Å². The highest BCUT2D eigenvalue weighted by atomic mass is 32.1. The summed E-state index contributed by atoms with van der Waals surface area (Å²) in [7, 11) is 0. The minimum atomic E-state index is 0.255. The van der Waals surface area contributed by atoms with E-state index in [1.54, 1.807) is 11.3 Å². The van der Waals surface area contributed by atoms with Gasteiger partial charge in [-0.2, -0.15) is 0 Å². The molecule has 0 bridgehead atoms. The fourth-order valence-electron chi connectivity index (χ4n) is 1.58. The van der Waals surface area contributed by atoms with Gasteiger partial charge in [-0.1, -0.05) is 0 Å². The van der Waals surface area contributed by atoms with Crippen molar-refractivity contribution in [3.05, 3.63) is 16.6 Å². The number of aromatic nitrogens is 1. The van der Waals surface area contributed by atoms with Crippen molar-refractivity contribution in [3.63, 3.8) is 0 Å². The summed E-state index contributed by atoms with van der Waals surface area (Å²) in [6.45, 7) is 3.13. The largest absolute Gasteiger partial charge is 0.395 e. The van der Waals surface area contributed by atoms with Crippen LogP contribution in [-0.2, 0) is 6.54 Å². The number of nitrogens with zero attached hydrogens (tertiary/aromatic N) is 2. The summed E-state index contributed by atoms with van der Waals surface area (Å²) >= 11 is 1.69. The molecule has 0 unspecified atom stereocenters. The molecule has 1 aliphatic rings. The first-order valence-electron chi connectivity index (χ1n) is 5.09. The molecule has 0 saturated heterocycles. The van der Waals surface area contributed by atoms with Crippen LogP contribution in [0, 0.1) is 5.92 Å². The first-order chi connectivity index (χ1) is 6.88. The maximum atomic E-state index is 8.94. The van der Waals surface area contributed by atoms with Crippen LogP contribution >= 0.6 is 11.3 Å². The molecule has 4 heteroatoms. The van der Waals surface area contributed by atoms with Gasteiger partial charge in [-0.3, -0.25) is 9.88 Å². The van der Waals surface area contributed by atoms with Crippen LogP contribution in [-0.4, -0.2) is 34.7 Å². The third-order valence-corrected chi connectivity index (χ3v) is 3.26. The Morgan fingerprint density at radius 2 is 2.43 bits per heavy atom. The lowest BCUT2D eigenvalue weighted by Crippen LogP contribution is -2.28. The zero-order valence-corrected chi connectivity index (χ0v) is 9.04. The number of rotatable bonds is 6.